The largest absolute Gasteiger partial charge is 0.383 e. The van der Waals surface area contributed by atoms with Crippen LogP contribution in [-0.4, -0.2) is 11.0 Å². The average molecular weight is 402 g/mol. The molecule has 1 amide bonds. The van der Waals surface area contributed by atoms with Gasteiger partial charge in [-0.2, -0.15) is 0 Å². The number of benzene rings is 2. The Morgan fingerprint density at radius 1 is 1.08 bits per heavy atom. The summed E-state index contributed by atoms with van der Waals surface area (Å²) in [5, 5.41) is 13.3. The van der Waals surface area contributed by atoms with Crippen molar-refractivity contribution in [2.45, 2.75) is 12.6 Å². The summed E-state index contributed by atoms with van der Waals surface area (Å²) in [7, 11) is 0. The Kier molecular flexibility index (Phi) is 5.45. The first kappa shape index (κ1) is 16.9. The molecule has 0 bridgehead atoms. The van der Waals surface area contributed by atoms with Crippen molar-refractivity contribution < 1.29 is 9.90 Å². The summed E-state index contributed by atoms with van der Waals surface area (Å²) >= 11 is 4.86. The van der Waals surface area contributed by atoms with Gasteiger partial charge in [-0.05, 0) is 35.9 Å². The van der Waals surface area contributed by atoms with E-state index in [4.69, 9.17) is 0 Å². The minimum absolute atomic E-state index is 0.116. The van der Waals surface area contributed by atoms with Crippen molar-refractivity contribution in [3.63, 3.8) is 0 Å². The van der Waals surface area contributed by atoms with Crippen LogP contribution in [0.2, 0.25) is 0 Å². The molecular weight excluding hydrogens is 386 g/mol. The molecule has 2 N–H and O–H groups in total. The van der Waals surface area contributed by atoms with E-state index >= 15 is 0 Å². The Bertz CT molecular complexity index is 832. The highest BCUT2D eigenvalue weighted by Gasteiger charge is 2.13. The fraction of sp³-hybridized carbons (Fsp3) is 0.105. The molecule has 3 nitrogen and oxygen atoms in total. The van der Waals surface area contributed by atoms with Crippen molar-refractivity contribution in [1.82, 2.24) is 5.32 Å². The van der Waals surface area contributed by atoms with Gasteiger partial charge >= 0.3 is 0 Å². The maximum atomic E-state index is 12.2. The molecule has 0 aliphatic heterocycles. The fourth-order valence-corrected chi connectivity index (χ4v) is 3.70. The van der Waals surface area contributed by atoms with E-state index in [0.29, 0.717) is 12.1 Å². The quantitative estimate of drug-likeness (QED) is 0.659. The first-order valence-electron chi connectivity index (χ1n) is 7.49. The standard InChI is InChI=1S/C19H16BrNO2S/c20-15-8-4-7-14(11-15)19(23)21-12-16-9-10-17(24-16)18(22)13-5-2-1-3-6-13/h1-11,18,22H,12H2,(H,21,23)/t18-/m1/s1. The minimum Gasteiger partial charge on any atom is -0.383 e. The van der Waals surface area contributed by atoms with Gasteiger partial charge < -0.3 is 10.4 Å². The third-order valence-electron chi connectivity index (χ3n) is 3.58. The van der Waals surface area contributed by atoms with Gasteiger partial charge in [0.25, 0.3) is 5.91 Å². The predicted molar refractivity (Wildman–Crippen MR) is 100 cm³/mol. The molecular formula is C19H16BrNO2S. The number of hydrogen-bond acceptors (Lipinski definition) is 3. The van der Waals surface area contributed by atoms with Crippen LogP contribution in [0.4, 0.5) is 0 Å². The number of carbonyl (C=O) groups excluding carboxylic acids is 1. The Labute approximate surface area is 153 Å². The zero-order chi connectivity index (χ0) is 16.9. The maximum Gasteiger partial charge on any atom is 0.251 e. The third-order valence-corrected chi connectivity index (χ3v) is 5.21. The number of thiophene rings is 1. The van der Waals surface area contributed by atoms with E-state index in [1.54, 1.807) is 12.1 Å². The number of amides is 1. The second-order valence-corrected chi connectivity index (χ2v) is 7.43. The van der Waals surface area contributed by atoms with Crippen LogP contribution >= 0.6 is 27.3 Å². The smallest absolute Gasteiger partial charge is 0.251 e. The van der Waals surface area contributed by atoms with Gasteiger partial charge in [0.2, 0.25) is 0 Å². The van der Waals surface area contributed by atoms with E-state index in [1.807, 2.05) is 54.6 Å². The van der Waals surface area contributed by atoms with Crippen molar-refractivity contribution in [2.75, 3.05) is 0 Å². The van der Waals surface area contributed by atoms with Crippen LogP contribution in [0.25, 0.3) is 0 Å². The molecule has 1 aromatic heterocycles. The summed E-state index contributed by atoms with van der Waals surface area (Å²) in [5.41, 5.74) is 1.48. The van der Waals surface area contributed by atoms with Gasteiger partial charge in [0.05, 0.1) is 6.54 Å². The third kappa shape index (κ3) is 4.12. The number of nitrogens with one attached hydrogen (secondary N) is 1. The van der Waals surface area contributed by atoms with Gasteiger partial charge in [0.1, 0.15) is 6.10 Å². The van der Waals surface area contributed by atoms with Crippen LogP contribution in [0.3, 0.4) is 0 Å². The molecule has 0 radical (unpaired) electrons. The molecule has 122 valence electrons. The fourth-order valence-electron chi connectivity index (χ4n) is 2.34. The number of halogens is 1. The lowest BCUT2D eigenvalue weighted by Crippen LogP contribution is -2.22. The van der Waals surface area contributed by atoms with Gasteiger partial charge in [-0.15, -0.1) is 11.3 Å². The number of aliphatic hydroxyl groups is 1. The molecule has 0 unspecified atom stereocenters. The monoisotopic (exact) mass is 401 g/mol. The molecule has 0 saturated carbocycles. The molecule has 24 heavy (non-hydrogen) atoms. The number of rotatable bonds is 5. The zero-order valence-corrected chi connectivity index (χ0v) is 15.2. The molecule has 1 atom stereocenters. The van der Waals surface area contributed by atoms with E-state index in [9.17, 15) is 9.90 Å². The summed E-state index contributed by atoms with van der Waals surface area (Å²) in [4.78, 5) is 14.0. The summed E-state index contributed by atoms with van der Waals surface area (Å²) in [6, 6.07) is 20.7. The van der Waals surface area contributed by atoms with Crippen LogP contribution in [0.15, 0.2) is 71.2 Å². The van der Waals surface area contributed by atoms with E-state index in [-0.39, 0.29) is 5.91 Å². The van der Waals surface area contributed by atoms with Gasteiger partial charge in [-0.25, -0.2) is 0 Å². The molecule has 0 aliphatic carbocycles. The lowest BCUT2D eigenvalue weighted by atomic mass is 10.1. The predicted octanol–water partition coefficient (Wildman–Crippen LogP) is 4.52. The summed E-state index contributed by atoms with van der Waals surface area (Å²) in [6.07, 6.45) is -0.634. The minimum atomic E-state index is -0.634. The van der Waals surface area contributed by atoms with Crippen molar-refractivity contribution in [2.24, 2.45) is 0 Å². The lowest BCUT2D eigenvalue weighted by molar-refractivity contribution is 0.0951. The zero-order valence-electron chi connectivity index (χ0n) is 12.8. The molecule has 3 aromatic rings. The lowest BCUT2D eigenvalue weighted by Gasteiger charge is -2.08. The van der Waals surface area contributed by atoms with E-state index in [0.717, 1.165) is 19.8 Å². The molecule has 2 aromatic carbocycles. The van der Waals surface area contributed by atoms with Crippen molar-refractivity contribution in [3.8, 4) is 0 Å². The average Bonchev–Trinajstić information content (AvgIpc) is 3.09. The molecule has 0 spiro atoms. The van der Waals surface area contributed by atoms with E-state index in [2.05, 4.69) is 21.2 Å². The highest BCUT2D eigenvalue weighted by Crippen LogP contribution is 2.28. The second kappa shape index (κ2) is 7.75. The van der Waals surface area contributed by atoms with E-state index < -0.39 is 6.10 Å². The Balaban J connectivity index is 1.63. The van der Waals surface area contributed by atoms with Crippen LogP contribution < -0.4 is 5.32 Å². The van der Waals surface area contributed by atoms with E-state index in [1.165, 1.54) is 11.3 Å². The number of carbonyl (C=O) groups is 1. The SMILES string of the molecule is O=C(NCc1ccc([C@H](O)c2ccccc2)s1)c1cccc(Br)c1. The first-order chi connectivity index (χ1) is 11.6. The van der Waals surface area contributed by atoms with Gasteiger partial charge in [0.15, 0.2) is 0 Å². The van der Waals surface area contributed by atoms with Crippen LogP contribution in [0.5, 0.6) is 0 Å². The second-order valence-electron chi connectivity index (χ2n) is 5.31. The Morgan fingerprint density at radius 3 is 2.62 bits per heavy atom. The molecule has 0 saturated heterocycles. The molecule has 1 heterocycles. The maximum absolute atomic E-state index is 12.2. The summed E-state index contributed by atoms with van der Waals surface area (Å²) in [6.45, 7) is 0.442. The summed E-state index contributed by atoms with van der Waals surface area (Å²) < 4.78 is 0.875. The summed E-state index contributed by atoms with van der Waals surface area (Å²) in [5.74, 6) is -0.116. The van der Waals surface area contributed by atoms with Gasteiger partial charge in [0, 0.05) is 19.8 Å². The van der Waals surface area contributed by atoms with Crippen molar-refractivity contribution in [1.29, 1.82) is 0 Å². The molecule has 0 fully saturated rings. The Morgan fingerprint density at radius 2 is 1.88 bits per heavy atom. The van der Waals surface area contributed by atoms with Crippen LogP contribution in [0, 0.1) is 0 Å². The topological polar surface area (TPSA) is 49.3 Å². The van der Waals surface area contributed by atoms with Crippen LogP contribution in [0.1, 0.15) is 31.8 Å². The molecule has 0 aliphatic rings. The molecule has 3 rings (SSSR count). The highest BCUT2D eigenvalue weighted by atomic mass is 79.9. The highest BCUT2D eigenvalue weighted by molar-refractivity contribution is 9.10. The van der Waals surface area contributed by atoms with Gasteiger partial charge in [-0.3, -0.25) is 4.79 Å². The Hall–Kier alpha value is -1.95. The van der Waals surface area contributed by atoms with Crippen molar-refractivity contribution >= 4 is 33.2 Å². The van der Waals surface area contributed by atoms with Crippen LogP contribution in [-0.2, 0) is 6.54 Å². The normalized spacial score (nSPS) is 11.9. The van der Waals surface area contributed by atoms with Crippen molar-refractivity contribution in [3.05, 3.63) is 92.1 Å². The number of hydrogen-bond donors (Lipinski definition) is 2. The van der Waals surface area contributed by atoms with Gasteiger partial charge in [-0.1, -0.05) is 52.3 Å². The molecule has 5 heteroatoms. The number of aliphatic hydroxyl groups excluding tert-OH is 1. The first-order valence-corrected chi connectivity index (χ1v) is 9.10.